The Bertz CT molecular complexity index is 1630. The fraction of sp³-hybridized carbons (Fsp3) is 0.226. The summed E-state index contributed by atoms with van der Waals surface area (Å²) in [6, 6.07) is 20.9. The Kier molecular flexibility index (Phi) is 7.44. The molecule has 3 aromatic carbocycles. The molecule has 0 aliphatic carbocycles. The topological polar surface area (TPSA) is 78.9 Å². The molecule has 3 aliphatic rings. The Labute approximate surface area is 247 Å². The molecule has 1 aromatic heterocycles. The molecule has 1 atom stereocenters. The molecule has 0 bridgehead atoms. The highest BCUT2D eigenvalue weighted by Gasteiger charge is 2.56. The molecule has 3 aliphatic heterocycles. The summed E-state index contributed by atoms with van der Waals surface area (Å²) in [5.74, 6) is 1.45. The number of hydrogen-bond donors (Lipinski definition) is 1. The summed E-state index contributed by atoms with van der Waals surface area (Å²) in [5, 5.41) is 3.81. The first-order valence-electron chi connectivity index (χ1n) is 13.1. The van der Waals surface area contributed by atoms with Crippen LogP contribution in [0.5, 0.6) is 23.0 Å². The van der Waals surface area contributed by atoms with Crippen LogP contribution in [-0.2, 0) is 28.3 Å². The van der Waals surface area contributed by atoms with E-state index in [1.807, 2.05) is 18.2 Å². The van der Waals surface area contributed by atoms with Crippen LogP contribution in [-0.4, -0.2) is 30.7 Å². The average Bonchev–Trinajstić information content (AvgIpc) is 3.52. The van der Waals surface area contributed by atoms with Gasteiger partial charge in [0.1, 0.15) is 43.3 Å². The number of nitrogens with zero attached hydrogens (tertiary/aromatic N) is 1. The van der Waals surface area contributed by atoms with Crippen LogP contribution in [0.25, 0.3) is 0 Å². The molecule has 0 radical (unpaired) electrons. The number of rotatable bonds is 4. The molecule has 1 N–H and O–H groups in total. The van der Waals surface area contributed by atoms with E-state index >= 15 is 0 Å². The third-order valence-electron chi connectivity index (χ3n) is 7.19. The quantitative estimate of drug-likeness (QED) is 0.251. The van der Waals surface area contributed by atoms with Crippen molar-refractivity contribution in [3.8, 4) is 23.0 Å². The molecule has 1 amide bonds. The number of aromatic nitrogens is 1. The lowest BCUT2D eigenvalue weighted by atomic mass is 9.76. The van der Waals surface area contributed by atoms with E-state index in [0.29, 0.717) is 47.3 Å². The molecular weight excluding hydrogens is 617 g/mol. The highest BCUT2D eigenvalue weighted by atomic mass is 79.9. The highest BCUT2D eigenvalue weighted by molar-refractivity contribution is 9.08. The Morgan fingerprint density at radius 3 is 2.40 bits per heavy atom. The Morgan fingerprint density at radius 2 is 1.69 bits per heavy atom. The first kappa shape index (κ1) is 27.9. The Balaban J connectivity index is 0.000000343. The number of alkyl halides is 4. The number of carbonyl (C=O) groups excluding carboxylic acids is 1. The predicted molar refractivity (Wildman–Crippen MR) is 151 cm³/mol. The van der Waals surface area contributed by atoms with Crippen LogP contribution in [0.3, 0.4) is 0 Å². The summed E-state index contributed by atoms with van der Waals surface area (Å²) in [4.78, 5) is 17.2. The molecular formula is C31H24BrF3N2O5. The lowest BCUT2D eigenvalue weighted by Gasteiger charge is -2.24. The van der Waals surface area contributed by atoms with Crippen molar-refractivity contribution in [1.29, 1.82) is 0 Å². The standard InChI is InChI=1S/C24H17F3N2O5.C7H7Br/c25-24(26,27)13-3-2-6-28-16(13)11-33-17-5-1-4-15-21(17)23(22(30)29-15)12-34-18-10-20-19(9-14(18)23)31-7-8-32-20;8-6-7-4-2-1-3-5-7/h1-6,9-10H,7-8,11-12H2,(H,29,30);1-5H,6H2. The van der Waals surface area contributed by atoms with E-state index in [1.54, 1.807) is 30.3 Å². The Hall–Kier alpha value is -4.25. The van der Waals surface area contributed by atoms with Crippen molar-refractivity contribution in [2.24, 2.45) is 0 Å². The molecule has 1 unspecified atom stereocenters. The third kappa shape index (κ3) is 5.02. The van der Waals surface area contributed by atoms with Gasteiger partial charge >= 0.3 is 6.18 Å². The zero-order valence-corrected chi connectivity index (χ0v) is 23.6. The lowest BCUT2D eigenvalue weighted by molar-refractivity contribution is -0.138. The number of amides is 1. The zero-order valence-electron chi connectivity index (χ0n) is 22.0. The fourth-order valence-corrected chi connectivity index (χ4v) is 5.62. The van der Waals surface area contributed by atoms with Crippen molar-refractivity contribution in [2.75, 3.05) is 25.1 Å². The monoisotopic (exact) mass is 640 g/mol. The minimum atomic E-state index is -4.57. The molecule has 4 heterocycles. The van der Waals surface area contributed by atoms with Crippen LogP contribution < -0.4 is 24.3 Å². The van der Waals surface area contributed by atoms with Gasteiger partial charge in [0.15, 0.2) is 11.5 Å². The molecule has 4 aromatic rings. The van der Waals surface area contributed by atoms with Crippen molar-refractivity contribution in [3.05, 3.63) is 107 Å². The van der Waals surface area contributed by atoms with Gasteiger partial charge in [-0.15, -0.1) is 0 Å². The zero-order chi connectivity index (χ0) is 29.3. The van der Waals surface area contributed by atoms with Gasteiger partial charge in [0.05, 0.1) is 11.3 Å². The van der Waals surface area contributed by atoms with Crippen molar-refractivity contribution in [3.63, 3.8) is 0 Å². The molecule has 0 fully saturated rings. The largest absolute Gasteiger partial charge is 0.491 e. The predicted octanol–water partition coefficient (Wildman–Crippen LogP) is 6.66. The van der Waals surface area contributed by atoms with Gasteiger partial charge in [0.25, 0.3) is 0 Å². The van der Waals surface area contributed by atoms with Gasteiger partial charge in [-0.3, -0.25) is 9.78 Å². The van der Waals surface area contributed by atoms with E-state index < -0.39 is 23.8 Å². The maximum absolute atomic E-state index is 13.4. The Morgan fingerprint density at radius 1 is 0.929 bits per heavy atom. The molecule has 1 spiro atoms. The second-order valence-electron chi connectivity index (χ2n) is 9.72. The maximum atomic E-state index is 13.4. The van der Waals surface area contributed by atoms with Crippen molar-refractivity contribution in [1.82, 2.24) is 4.98 Å². The van der Waals surface area contributed by atoms with Crippen LogP contribution in [0.15, 0.2) is 79.0 Å². The summed E-state index contributed by atoms with van der Waals surface area (Å²) in [7, 11) is 0. The number of anilines is 1. The number of hydrogen-bond acceptors (Lipinski definition) is 6. The van der Waals surface area contributed by atoms with Crippen LogP contribution in [0.1, 0.15) is 27.9 Å². The van der Waals surface area contributed by atoms with E-state index in [1.165, 1.54) is 17.8 Å². The summed E-state index contributed by atoms with van der Waals surface area (Å²) in [5.41, 5.74) is 0.552. The number of pyridine rings is 1. The molecule has 7 rings (SSSR count). The van der Waals surface area contributed by atoms with E-state index in [2.05, 4.69) is 38.4 Å². The minimum absolute atomic E-state index is 0.00181. The van der Waals surface area contributed by atoms with E-state index in [9.17, 15) is 18.0 Å². The van der Waals surface area contributed by atoms with Crippen molar-refractivity contribution >= 4 is 27.5 Å². The smallest absolute Gasteiger partial charge is 0.418 e. The first-order chi connectivity index (χ1) is 20.3. The van der Waals surface area contributed by atoms with Crippen LogP contribution in [0.4, 0.5) is 18.9 Å². The molecule has 0 saturated carbocycles. The molecule has 7 nitrogen and oxygen atoms in total. The van der Waals surface area contributed by atoms with Crippen molar-refractivity contribution < 1.29 is 36.9 Å². The van der Waals surface area contributed by atoms with Crippen molar-refractivity contribution in [2.45, 2.75) is 23.5 Å². The van der Waals surface area contributed by atoms with Gasteiger partial charge in [-0.05, 0) is 35.9 Å². The summed E-state index contributed by atoms with van der Waals surface area (Å²) >= 11 is 3.36. The van der Waals surface area contributed by atoms with Crippen LogP contribution in [0, 0.1) is 0 Å². The molecule has 42 heavy (non-hydrogen) atoms. The summed E-state index contributed by atoms with van der Waals surface area (Å²) in [6.07, 6.45) is -3.29. The van der Waals surface area contributed by atoms with Gasteiger partial charge in [0.2, 0.25) is 5.91 Å². The second kappa shape index (κ2) is 11.2. The molecule has 11 heteroatoms. The number of fused-ring (bicyclic) bond motifs is 5. The number of halogens is 4. The van der Waals surface area contributed by atoms with Gasteiger partial charge in [-0.25, -0.2) is 0 Å². The summed E-state index contributed by atoms with van der Waals surface area (Å²) in [6.45, 7) is 0.362. The van der Waals surface area contributed by atoms with Crippen LogP contribution in [0.2, 0.25) is 0 Å². The highest BCUT2D eigenvalue weighted by Crippen LogP contribution is 2.55. The first-order valence-corrected chi connectivity index (χ1v) is 14.2. The molecule has 216 valence electrons. The lowest BCUT2D eigenvalue weighted by Crippen LogP contribution is -2.37. The van der Waals surface area contributed by atoms with Gasteiger partial charge in [-0.2, -0.15) is 13.2 Å². The minimum Gasteiger partial charge on any atom is -0.491 e. The van der Waals surface area contributed by atoms with Gasteiger partial charge < -0.3 is 24.3 Å². The fourth-order valence-electron chi connectivity index (χ4n) is 5.24. The van der Waals surface area contributed by atoms with E-state index in [-0.39, 0.29) is 24.0 Å². The van der Waals surface area contributed by atoms with Gasteiger partial charge in [0, 0.05) is 34.4 Å². The normalized spacial score (nSPS) is 17.9. The van der Waals surface area contributed by atoms with Gasteiger partial charge in [-0.1, -0.05) is 52.3 Å². The third-order valence-corrected chi connectivity index (χ3v) is 7.84. The number of nitrogens with one attached hydrogen (secondary N) is 1. The average molecular weight is 641 g/mol. The SMILES string of the molecule is BrCc1ccccc1.O=C1Nc2cccc(OCc3ncccc3C(F)(F)F)c2C12COc1cc3c(cc12)OCCO3. The number of ether oxygens (including phenoxy) is 4. The van der Waals surface area contributed by atoms with E-state index in [0.717, 1.165) is 11.4 Å². The van der Waals surface area contributed by atoms with E-state index in [4.69, 9.17) is 18.9 Å². The van der Waals surface area contributed by atoms with Crippen LogP contribution >= 0.6 is 15.9 Å². The number of benzene rings is 3. The maximum Gasteiger partial charge on any atom is 0.418 e. The number of carbonyl (C=O) groups is 1. The second-order valence-corrected chi connectivity index (χ2v) is 10.3. The summed E-state index contributed by atoms with van der Waals surface area (Å²) < 4.78 is 63.3. The molecule has 0 saturated heterocycles.